The number of amides is 2. The van der Waals surface area contributed by atoms with Crippen molar-refractivity contribution in [3.8, 4) is 0 Å². The fourth-order valence-electron chi connectivity index (χ4n) is 4.32. The second kappa shape index (κ2) is 11.0. The van der Waals surface area contributed by atoms with Gasteiger partial charge in [-0.05, 0) is 28.1 Å². The van der Waals surface area contributed by atoms with Gasteiger partial charge in [-0.3, -0.25) is 14.5 Å². The van der Waals surface area contributed by atoms with Crippen molar-refractivity contribution in [3.63, 3.8) is 0 Å². The Hall–Kier alpha value is -2.88. The lowest BCUT2D eigenvalue weighted by molar-refractivity contribution is -0.154. The number of ether oxygens (including phenoxy) is 1. The van der Waals surface area contributed by atoms with E-state index in [1.165, 1.54) is 28.0 Å². The van der Waals surface area contributed by atoms with Gasteiger partial charge in [0.1, 0.15) is 17.1 Å². The molecule has 3 heterocycles. The van der Waals surface area contributed by atoms with Gasteiger partial charge < -0.3 is 10.1 Å². The Morgan fingerprint density at radius 1 is 1.03 bits per heavy atom. The molecule has 36 heavy (non-hydrogen) atoms. The molecule has 9 heteroatoms. The lowest BCUT2D eigenvalue weighted by Gasteiger charge is -2.49. The maximum absolute atomic E-state index is 13.6. The zero-order valence-electron chi connectivity index (χ0n) is 19.1. The Kier molecular flexibility index (Phi) is 7.59. The molecule has 0 spiro atoms. The van der Waals surface area contributed by atoms with Crippen LogP contribution in [-0.4, -0.2) is 45.2 Å². The molecule has 2 atom stereocenters. The molecule has 2 aliphatic heterocycles. The minimum Gasteiger partial charge on any atom is -0.448 e. The molecule has 3 aromatic rings. The molecule has 2 aliphatic rings. The molecule has 6 nitrogen and oxygen atoms in total. The van der Waals surface area contributed by atoms with E-state index in [1.807, 2.05) is 78.2 Å². The summed E-state index contributed by atoms with van der Waals surface area (Å²) in [6, 6.07) is 22.2. The number of halogens is 1. The van der Waals surface area contributed by atoms with E-state index in [2.05, 4.69) is 21.2 Å². The minimum atomic E-state index is -0.666. The van der Waals surface area contributed by atoms with Crippen molar-refractivity contribution in [1.29, 1.82) is 0 Å². The molecular formula is C27H23BrN2O4S2. The summed E-state index contributed by atoms with van der Waals surface area (Å²) in [4.78, 5) is 41.7. The van der Waals surface area contributed by atoms with E-state index in [4.69, 9.17) is 4.74 Å². The lowest BCUT2D eigenvalue weighted by atomic mass is 10.0. The Balaban J connectivity index is 1.36. The largest absolute Gasteiger partial charge is 0.448 e. The molecule has 1 fully saturated rings. The van der Waals surface area contributed by atoms with Crippen molar-refractivity contribution in [1.82, 2.24) is 10.2 Å². The van der Waals surface area contributed by atoms with Crippen LogP contribution >= 0.6 is 39.0 Å². The van der Waals surface area contributed by atoms with Crippen molar-refractivity contribution in [2.24, 2.45) is 0 Å². The van der Waals surface area contributed by atoms with Crippen LogP contribution in [0.3, 0.4) is 0 Å². The quantitative estimate of drug-likeness (QED) is 0.237. The first kappa shape index (κ1) is 24.8. The summed E-state index contributed by atoms with van der Waals surface area (Å²) in [5.41, 5.74) is 2.74. The first-order valence-electron chi connectivity index (χ1n) is 11.4. The minimum absolute atomic E-state index is 0.205. The van der Waals surface area contributed by atoms with E-state index in [-0.39, 0.29) is 29.3 Å². The maximum Gasteiger partial charge on any atom is 0.356 e. The van der Waals surface area contributed by atoms with E-state index in [9.17, 15) is 14.4 Å². The van der Waals surface area contributed by atoms with Gasteiger partial charge in [0, 0.05) is 16.0 Å². The zero-order valence-corrected chi connectivity index (χ0v) is 22.4. The lowest BCUT2D eigenvalue weighted by Crippen LogP contribution is -2.70. The zero-order chi connectivity index (χ0) is 25.1. The Morgan fingerprint density at radius 3 is 2.28 bits per heavy atom. The van der Waals surface area contributed by atoms with Gasteiger partial charge in [0.15, 0.2) is 6.10 Å². The number of thiophene rings is 1. The van der Waals surface area contributed by atoms with Crippen LogP contribution in [0.25, 0.3) is 0 Å². The highest BCUT2D eigenvalue weighted by molar-refractivity contribution is 9.09. The van der Waals surface area contributed by atoms with Crippen LogP contribution in [0.1, 0.15) is 22.1 Å². The number of esters is 1. The van der Waals surface area contributed by atoms with Gasteiger partial charge in [0.25, 0.3) is 5.91 Å². The number of nitrogens with one attached hydrogen (secondary N) is 1. The van der Waals surface area contributed by atoms with Crippen LogP contribution in [0.15, 0.2) is 89.4 Å². The Labute approximate surface area is 225 Å². The molecule has 1 aromatic heterocycles. The summed E-state index contributed by atoms with van der Waals surface area (Å²) in [6.07, 6.45) is -0.388. The van der Waals surface area contributed by atoms with E-state index >= 15 is 0 Å². The summed E-state index contributed by atoms with van der Waals surface area (Å²) in [5.74, 6) is -0.496. The van der Waals surface area contributed by atoms with Crippen molar-refractivity contribution < 1.29 is 19.1 Å². The molecule has 0 aliphatic carbocycles. The number of hydrogen-bond donors (Lipinski definition) is 1. The third-order valence-electron chi connectivity index (χ3n) is 6.06. The van der Waals surface area contributed by atoms with E-state index in [1.54, 1.807) is 0 Å². The second-order valence-electron chi connectivity index (χ2n) is 8.40. The van der Waals surface area contributed by atoms with Gasteiger partial charge >= 0.3 is 5.97 Å². The number of thioether (sulfide) groups is 1. The molecule has 2 aromatic carbocycles. The molecule has 0 unspecified atom stereocenters. The van der Waals surface area contributed by atoms with E-state index in [0.29, 0.717) is 11.1 Å². The molecule has 0 bridgehead atoms. The number of carbonyl (C=O) groups excluding carboxylic acids is 3. The van der Waals surface area contributed by atoms with Crippen molar-refractivity contribution in [2.45, 2.75) is 23.9 Å². The monoisotopic (exact) mass is 582 g/mol. The molecule has 0 radical (unpaired) electrons. The van der Waals surface area contributed by atoms with Crippen LogP contribution in [0.5, 0.6) is 0 Å². The molecule has 1 saturated heterocycles. The van der Waals surface area contributed by atoms with Gasteiger partial charge in [-0.2, -0.15) is 0 Å². The summed E-state index contributed by atoms with van der Waals surface area (Å²) in [6.45, 7) is 0. The van der Waals surface area contributed by atoms with Gasteiger partial charge in [-0.1, -0.05) is 82.7 Å². The second-order valence-corrected chi connectivity index (χ2v) is 11.1. The number of carbonyl (C=O) groups is 3. The predicted octanol–water partition coefficient (Wildman–Crippen LogP) is 4.67. The van der Waals surface area contributed by atoms with Crippen molar-refractivity contribution in [2.75, 3.05) is 11.1 Å². The third kappa shape index (κ3) is 5.00. The highest BCUT2D eigenvalue weighted by Gasteiger charge is 2.54. The number of fused-ring (bicyclic) bond motifs is 1. The standard InChI is InChI=1S/C27H23BrN2O4S2/c28-15-19-16-36-26-22(29-21(31)14-20-12-7-13-35-20)25(32)30(26)23(19)27(33)34-24(17-8-3-1-4-9-17)18-10-5-2-6-11-18/h1-13,22,24,26H,14-16H2,(H,29,31)/t22-,26-/m1/s1. The highest BCUT2D eigenvalue weighted by atomic mass is 79.9. The SMILES string of the molecule is O=C(Cc1cccs1)N[C@@H]1C(=O)N2C(C(=O)OC(c3ccccc3)c3ccccc3)=C(CBr)CS[C@H]12. The maximum atomic E-state index is 13.6. The van der Waals surface area contributed by atoms with Crippen LogP contribution in [0.4, 0.5) is 0 Å². The van der Waals surface area contributed by atoms with E-state index < -0.39 is 18.1 Å². The van der Waals surface area contributed by atoms with Gasteiger partial charge in [0.2, 0.25) is 5.91 Å². The molecule has 1 N–H and O–H groups in total. The molecule has 5 rings (SSSR count). The Bertz CT molecular complexity index is 1240. The highest BCUT2D eigenvalue weighted by Crippen LogP contribution is 2.42. The van der Waals surface area contributed by atoms with Crippen LogP contribution in [0, 0.1) is 0 Å². The topological polar surface area (TPSA) is 75.7 Å². The van der Waals surface area contributed by atoms with Crippen LogP contribution < -0.4 is 5.32 Å². The number of benzene rings is 2. The molecular weight excluding hydrogens is 560 g/mol. The summed E-state index contributed by atoms with van der Waals surface area (Å²) in [7, 11) is 0. The molecule has 184 valence electrons. The van der Waals surface area contributed by atoms with E-state index in [0.717, 1.165) is 21.6 Å². The van der Waals surface area contributed by atoms with Gasteiger partial charge in [-0.15, -0.1) is 23.1 Å². The van der Waals surface area contributed by atoms with Crippen LogP contribution in [0.2, 0.25) is 0 Å². The predicted molar refractivity (Wildman–Crippen MR) is 145 cm³/mol. The van der Waals surface area contributed by atoms with Crippen LogP contribution in [-0.2, 0) is 25.5 Å². The number of alkyl halides is 1. The number of hydrogen-bond acceptors (Lipinski definition) is 6. The normalized spacial score (nSPS) is 19.1. The number of nitrogens with zero attached hydrogens (tertiary/aromatic N) is 1. The first-order valence-corrected chi connectivity index (χ1v) is 14.5. The average Bonchev–Trinajstić information content (AvgIpc) is 3.43. The van der Waals surface area contributed by atoms with Gasteiger partial charge in [-0.25, -0.2) is 4.79 Å². The summed E-state index contributed by atoms with van der Waals surface area (Å²) < 4.78 is 6.07. The van der Waals surface area contributed by atoms with Gasteiger partial charge in [0.05, 0.1) is 6.42 Å². The Morgan fingerprint density at radius 2 is 1.69 bits per heavy atom. The van der Waals surface area contributed by atoms with Crippen molar-refractivity contribution >= 4 is 56.8 Å². The fourth-order valence-corrected chi connectivity index (χ4v) is 7.09. The number of rotatable bonds is 8. The first-order chi connectivity index (χ1) is 17.6. The average molecular weight is 584 g/mol. The molecule has 0 saturated carbocycles. The van der Waals surface area contributed by atoms with Crippen molar-refractivity contribution in [3.05, 3.63) is 105 Å². The third-order valence-corrected chi connectivity index (χ3v) is 8.96. The smallest absolute Gasteiger partial charge is 0.356 e. The fraction of sp³-hybridized carbons (Fsp3) is 0.222. The summed E-state index contributed by atoms with van der Waals surface area (Å²) >= 11 is 6.51. The number of β-lactam (4-membered cyclic amide) rings is 1. The summed E-state index contributed by atoms with van der Waals surface area (Å²) in [5, 5.41) is 4.87. The molecule has 2 amide bonds.